The molecule has 5 nitrogen and oxygen atoms in total. The molecule has 0 atom stereocenters. The third-order valence-electron chi connectivity index (χ3n) is 3.63. The lowest BCUT2D eigenvalue weighted by molar-refractivity contribution is -0.116. The Balaban J connectivity index is 1.75. The highest BCUT2D eigenvalue weighted by molar-refractivity contribution is 5.90. The molecule has 0 radical (unpaired) electrons. The van der Waals surface area contributed by atoms with Crippen LogP contribution >= 0.6 is 0 Å². The zero-order chi connectivity index (χ0) is 16.9. The van der Waals surface area contributed by atoms with Crippen LogP contribution in [0.5, 0.6) is 0 Å². The lowest BCUT2D eigenvalue weighted by atomic mass is 10.1. The fourth-order valence-corrected chi connectivity index (χ4v) is 2.31. The van der Waals surface area contributed by atoms with E-state index in [1.807, 2.05) is 62.4 Å². The minimum atomic E-state index is 0.0182. The van der Waals surface area contributed by atoms with Crippen LogP contribution in [0.3, 0.4) is 0 Å². The Morgan fingerprint density at radius 1 is 1.04 bits per heavy atom. The molecule has 3 aromatic rings. The van der Waals surface area contributed by atoms with E-state index < -0.39 is 0 Å². The van der Waals surface area contributed by atoms with E-state index in [0.29, 0.717) is 18.1 Å². The highest BCUT2D eigenvalue weighted by Gasteiger charge is 2.10. The Morgan fingerprint density at radius 2 is 1.71 bits per heavy atom. The van der Waals surface area contributed by atoms with E-state index in [1.165, 1.54) is 5.56 Å². The van der Waals surface area contributed by atoms with Crippen molar-refractivity contribution in [2.24, 2.45) is 0 Å². The SMILES string of the molecule is CCCC(=O)Nc1ccc(-c2nc(-c3ccc(C)cc3)no2)cc1. The van der Waals surface area contributed by atoms with E-state index in [1.54, 1.807) is 0 Å². The summed E-state index contributed by atoms with van der Waals surface area (Å²) in [5.41, 5.74) is 3.67. The molecule has 0 saturated heterocycles. The van der Waals surface area contributed by atoms with Crippen LogP contribution in [0.1, 0.15) is 25.3 Å². The summed E-state index contributed by atoms with van der Waals surface area (Å²) < 4.78 is 5.35. The fourth-order valence-electron chi connectivity index (χ4n) is 2.31. The molecule has 0 spiro atoms. The maximum atomic E-state index is 11.6. The highest BCUT2D eigenvalue weighted by atomic mass is 16.5. The van der Waals surface area contributed by atoms with Gasteiger partial charge < -0.3 is 9.84 Å². The van der Waals surface area contributed by atoms with Gasteiger partial charge in [0.05, 0.1) is 0 Å². The number of nitrogens with one attached hydrogen (secondary N) is 1. The maximum absolute atomic E-state index is 11.6. The predicted molar refractivity (Wildman–Crippen MR) is 93.4 cm³/mol. The number of carbonyl (C=O) groups is 1. The van der Waals surface area contributed by atoms with Crippen molar-refractivity contribution in [2.45, 2.75) is 26.7 Å². The number of nitrogens with zero attached hydrogens (tertiary/aromatic N) is 2. The molecule has 3 rings (SSSR count). The molecule has 0 fully saturated rings. The van der Waals surface area contributed by atoms with Gasteiger partial charge in [0, 0.05) is 23.2 Å². The van der Waals surface area contributed by atoms with Crippen LogP contribution in [0, 0.1) is 6.92 Å². The molecular weight excluding hydrogens is 302 g/mol. The zero-order valence-corrected chi connectivity index (χ0v) is 13.7. The van der Waals surface area contributed by atoms with Crippen molar-refractivity contribution in [1.82, 2.24) is 10.1 Å². The Hall–Kier alpha value is -2.95. The molecule has 1 heterocycles. The number of amides is 1. The number of hydrogen-bond donors (Lipinski definition) is 1. The molecule has 0 saturated carbocycles. The number of benzene rings is 2. The van der Waals surface area contributed by atoms with E-state index in [-0.39, 0.29) is 5.91 Å². The Morgan fingerprint density at radius 3 is 2.38 bits per heavy atom. The van der Waals surface area contributed by atoms with E-state index in [2.05, 4.69) is 15.5 Å². The standard InChI is InChI=1S/C19H19N3O2/c1-3-4-17(23)20-16-11-9-15(10-12-16)19-21-18(22-24-19)14-7-5-13(2)6-8-14/h5-12H,3-4H2,1-2H3,(H,20,23). The molecule has 0 aliphatic carbocycles. The average Bonchev–Trinajstić information content (AvgIpc) is 3.06. The molecular formula is C19H19N3O2. The normalized spacial score (nSPS) is 10.6. The Labute approximate surface area is 140 Å². The first kappa shape index (κ1) is 15.9. The molecule has 0 unspecified atom stereocenters. The van der Waals surface area contributed by atoms with Crippen LogP contribution in [0.25, 0.3) is 22.8 Å². The summed E-state index contributed by atoms with van der Waals surface area (Å²) in [6.45, 7) is 4.01. The van der Waals surface area contributed by atoms with Gasteiger partial charge in [-0.1, -0.05) is 41.9 Å². The molecule has 2 aromatic carbocycles. The molecule has 1 N–H and O–H groups in total. The van der Waals surface area contributed by atoms with Crippen LogP contribution in [0.2, 0.25) is 0 Å². The first-order chi connectivity index (χ1) is 11.7. The van der Waals surface area contributed by atoms with Crippen molar-refractivity contribution in [2.75, 3.05) is 5.32 Å². The monoisotopic (exact) mass is 321 g/mol. The van der Waals surface area contributed by atoms with Crippen LogP contribution < -0.4 is 5.32 Å². The molecule has 1 amide bonds. The minimum absolute atomic E-state index is 0.0182. The lowest BCUT2D eigenvalue weighted by Crippen LogP contribution is -2.10. The molecule has 1 aromatic heterocycles. The third kappa shape index (κ3) is 3.68. The van der Waals surface area contributed by atoms with E-state index in [4.69, 9.17) is 4.52 Å². The van der Waals surface area contributed by atoms with Crippen molar-refractivity contribution in [3.63, 3.8) is 0 Å². The third-order valence-corrected chi connectivity index (χ3v) is 3.63. The first-order valence-electron chi connectivity index (χ1n) is 7.97. The van der Waals surface area contributed by atoms with E-state index in [9.17, 15) is 4.79 Å². The maximum Gasteiger partial charge on any atom is 0.258 e. The van der Waals surface area contributed by atoms with Crippen LogP contribution in [-0.4, -0.2) is 16.0 Å². The topological polar surface area (TPSA) is 68.0 Å². The van der Waals surface area contributed by atoms with Gasteiger partial charge >= 0.3 is 0 Å². The quantitative estimate of drug-likeness (QED) is 0.754. The van der Waals surface area contributed by atoms with Gasteiger partial charge in [0.1, 0.15) is 0 Å². The summed E-state index contributed by atoms with van der Waals surface area (Å²) in [6, 6.07) is 15.3. The summed E-state index contributed by atoms with van der Waals surface area (Å²) in [5.74, 6) is 1.03. The van der Waals surface area contributed by atoms with Crippen molar-refractivity contribution in [3.05, 3.63) is 54.1 Å². The number of carbonyl (C=O) groups excluding carboxylic acids is 1. The molecule has 122 valence electrons. The summed E-state index contributed by atoms with van der Waals surface area (Å²) in [7, 11) is 0. The summed E-state index contributed by atoms with van der Waals surface area (Å²) in [6.07, 6.45) is 1.35. The van der Waals surface area contributed by atoms with Crippen LogP contribution in [0.15, 0.2) is 53.1 Å². The smallest absolute Gasteiger partial charge is 0.258 e. The number of anilines is 1. The lowest BCUT2D eigenvalue weighted by Gasteiger charge is -2.04. The largest absolute Gasteiger partial charge is 0.334 e. The number of aromatic nitrogens is 2. The first-order valence-corrected chi connectivity index (χ1v) is 7.97. The van der Waals surface area contributed by atoms with Gasteiger partial charge in [-0.2, -0.15) is 4.98 Å². The van der Waals surface area contributed by atoms with Crippen molar-refractivity contribution < 1.29 is 9.32 Å². The predicted octanol–water partition coefficient (Wildman–Crippen LogP) is 4.45. The second-order valence-electron chi connectivity index (χ2n) is 5.66. The highest BCUT2D eigenvalue weighted by Crippen LogP contribution is 2.23. The number of rotatable bonds is 5. The van der Waals surface area contributed by atoms with Crippen molar-refractivity contribution in [1.29, 1.82) is 0 Å². The molecule has 5 heteroatoms. The second-order valence-corrected chi connectivity index (χ2v) is 5.66. The van der Waals surface area contributed by atoms with Crippen molar-refractivity contribution in [3.8, 4) is 22.8 Å². The molecule has 0 aliphatic rings. The van der Waals surface area contributed by atoms with E-state index in [0.717, 1.165) is 23.2 Å². The summed E-state index contributed by atoms with van der Waals surface area (Å²) >= 11 is 0. The average molecular weight is 321 g/mol. The van der Waals surface area contributed by atoms with Crippen molar-refractivity contribution >= 4 is 11.6 Å². The van der Waals surface area contributed by atoms with Gasteiger partial charge in [-0.3, -0.25) is 4.79 Å². The van der Waals surface area contributed by atoms with Gasteiger partial charge in [-0.05, 0) is 37.6 Å². The van der Waals surface area contributed by atoms with Crippen LogP contribution in [-0.2, 0) is 4.79 Å². The minimum Gasteiger partial charge on any atom is -0.334 e. The Bertz CT molecular complexity index is 821. The van der Waals surface area contributed by atoms with E-state index >= 15 is 0 Å². The molecule has 0 bridgehead atoms. The fraction of sp³-hybridized carbons (Fsp3) is 0.211. The second kappa shape index (κ2) is 7.08. The zero-order valence-electron chi connectivity index (χ0n) is 13.7. The Kier molecular flexibility index (Phi) is 4.70. The number of hydrogen-bond acceptors (Lipinski definition) is 4. The van der Waals surface area contributed by atoms with Gasteiger partial charge in [0.2, 0.25) is 11.7 Å². The summed E-state index contributed by atoms with van der Waals surface area (Å²) in [5, 5.41) is 6.88. The molecule has 24 heavy (non-hydrogen) atoms. The molecule has 0 aliphatic heterocycles. The van der Waals surface area contributed by atoms with Gasteiger partial charge in [0.15, 0.2) is 0 Å². The van der Waals surface area contributed by atoms with Gasteiger partial charge in [-0.25, -0.2) is 0 Å². The van der Waals surface area contributed by atoms with Gasteiger partial charge in [0.25, 0.3) is 5.89 Å². The number of aryl methyl sites for hydroxylation is 1. The van der Waals surface area contributed by atoms with Crippen LogP contribution in [0.4, 0.5) is 5.69 Å². The summed E-state index contributed by atoms with van der Waals surface area (Å²) in [4.78, 5) is 16.0. The van der Waals surface area contributed by atoms with Gasteiger partial charge in [-0.15, -0.1) is 0 Å².